The van der Waals surface area contributed by atoms with Crippen molar-refractivity contribution in [2.45, 2.75) is 32.6 Å². The molecule has 0 radical (unpaired) electrons. The Balaban J connectivity index is 1.88. The summed E-state index contributed by atoms with van der Waals surface area (Å²) in [7, 11) is 0. The second kappa shape index (κ2) is 5.52. The summed E-state index contributed by atoms with van der Waals surface area (Å²) in [4.78, 5) is 16.1. The smallest absolute Gasteiger partial charge is 0.290 e. The van der Waals surface area contributed by atoms with Gasteiger partial charge in [-0.2, -0.15) is 11.3 Å². The van der Waals surface area contributed by atoms with Crippen LogP contribution >= 0.6 is 11.3 Å². The van der Waals surface area contributed by atoms with Crippen LogP contribution in [-0.4, -0.2) is 27.6 Å². The number of hydrogen-bond donors (Lipinski definition) is 2. The first-order valence-corrected chi connectivity index (χ1v) is 7.13. The van der Waals surface area contributed by atoms with Crippen LogP contribution in [0.4, 0.5) is 0 Å². The van der Waals surface area contributed by atoms with Crippen LogP contribution < -0.4 is 5.32 Å². The fourth-order valence-corrected chi connectivity index (χ4v) is 2.24. The number of nitrogens with zero attached hydrogens (tertiary/aromatic N) is 2. The van der Waals surface area contributed by atoms with E-state index < -0.39 is 0 Å². The molecule has 1 amide bonds. The molecule has 6 heteroatoms. The Morgan fingerprint density at radius 1 is 1.47 bits per heavy atom. The van der Waals surface area contributed by atoms with Gasteiger partial charge in [-0.1, -0.05) is 20.8 Å². The molecule has 0 bridgehead atoms. The first-order valence-electron chi connectivity index (χ1n) is 6.19. The molecule has 102 valence electrons. The highest BCUT2D eigenvalue weighted by Gasteiger charge is 2.20. The monoisotopic (exact) mass is 278 g/mol. The number of thiophene rings is 1. The molecule has 19 heavy (non-hydrogen) atoms. The number of H-pyrrole nitrogens is 1. The van der Waals surface area contributed by atoms with Gasteiger partial charge >= 0.3 is 0 Å². The quantitative estimate of drug-likeness (QED) is 0.900. The van der Waals surface area contributed by atoms with Gasteiger partial charge in [0.2, 0.25) is 5.82 Å². The van der Waals surface area contributed by atoms with E-state index in [1.807, 2.05) is 26.2 Å². The van der Waals surface area contributed by atoms with E-state index in [1.165, 1.54) is 5.56 Å². The van der Waals surface area contributed by atoms with Crippen molar-refractivity contribution in [3.8, 4) is 0 Å². The Bertz CT molecular complexity index is 539. The largest absolute Gasteiger partial charge is 0.349 e. The molecule has 2 rings (SSSR count). The Kier molecular flexibility index (Phi) is 3.99. The van der Waals surface area contributed by atoms with Crippen LogP contribution in [0.15, 0.2) is 16.8 Å². The summed E-state index contributed by atoms with van der Waals surface area (Å²) in [6, 6.07) is 2.06. The third-order valence-corrected chi connectivity index (χ3v) is 3.41. The summed E-state index contributed by atoms with van der Waals surface area (Å²) < 4.78 is 0. The predicted octanol–water partition coefficient (Wildman–Crippen LogP) is 2.14. The van der Waals surface area contributed by atoms with E-state index in [1.54, 1.807) is 11.3 Å². The second-order valence-electron chi connectivity index (χ2n) is 5.40. The lowest BCUT2D eigenvalue weighted by atomic mass is 9.96. The Morgan fingerprint density at radius 3 is 2.84 bits per heavy atom. The number of carbonyl (C=O) groups excluding carboxylic acids is 1. The lowest BCUT2D eigenvalue weighted by Crippen LogP contribution is -2.26. The van der Waals surface area contributed by atoms with E-state index in [0.29, 0.717) is 6.54 Å². The number of carbonyl (C=O) groups is 1. The topological polar surface area (TPSA) is 70.7 Å². The molecule has 0 fully saturated rings. The maximum Gasteiger partial charge on any atom is 0.290 e. The summed E-state index contributed by atoms with van der Waals surface area (Å²) in [5.41, 5.74) is 1.10. The van der Waals surface area contributed by atoms with Crippen molar-refractivity contribution in [2.75, 3.05) is 6.54 Å². The predicted molar refractivity (Wildman–Crippen MR) is 75.4 cm³/mol. The molecule has 5 nitrogen and oxygen atoms in total. The van der Waals surface area contributed by atoms with Crippen LogP contribution in [0, 0.1) is 0 Å². The maximum atomic E-state index is 11.9. The first-order chi connectivity index (χ1) is 8.97. The summed E-state index contributed by atoms with van der Waals surface area (Å²) >= 11 is 1.66. The van der Waals surface area contributed by atoms with Gasteiger partial charge in [0.1, 0.15) is 5.82 Å². The molecule has 0 atom stereocenters. The minimum Gasteiger partial charge on any atom is -0.349 e. The van der Waals surface area contributed by atoms with Crippen molar-refractivity contribution < 1.29 is 4.79 Å². The number of rotatable bonds is 4. The van der Waals surface area contributed by atoms with Crippen LogP contribution in [0.5, 0.6) is 0 Å². The summed E-state index contributed by atoms with van der Waals surface area (Å²) in [6.45, 7) is 6.65. The molecule has 2 N–H and O–H groups in total. The average molecular weight is 278 g/mol. The highest BCUT2D eigenvalue weighted by Crippen LogP contribution is 2.17. The van der Waals surface area contributed by atoms with Crippen molar-refractivity contribution in [3.63, 3.8) is 0 Å². The van der Waals surface area contributed by atoms with Crippen LogP contribution in [-0.2, 0) is 11.8 Å². The molecule has 2 aromatic heterocycles. The Hall–Kier alpha value is -1.69. The van der Waals surface area contributed by atoms with E-state index in [0.717, 1.165) is 12.2 Å². The van der Waals surface area contributed by atoms with Crippen LogP contribution in [0.25, 0.3) is 0 Å². The minimum atomic E-state index is -0.234. The molecule has 2 heterocycles. The van der Waals surface area contributed by atoms with Gasteiger partial charge in [-0.15, -0.1) is 5.10 Å². The van der Waals surface area contributed by atoms with Gasteiger partial charge in [-0.25, -0.2) is 4.98 Å². The van der Waals surface area contributed by atoms with Gasteiger partial charge in [0, 0.05) is 12.0 Å². The molecular weight excluding hydrogens is 260 g/mol. The van der Waals surface area contributed by atoms with E-state index in [-0.39, 0.29) is 17.1 Å². The normalized spacial score (nSPS) is 11.5. The van der Waals surface area contributed by atoms with Crippen LogP contribution in [0.3, 0.4) is 0 Å². The van der Waals surface area contributed by atoms with Gasteiger partial charge in [0.05, 0.1) is 0 Å². The summed E-state index contributed by atoms with van der Waals surface area (Å²) in [5.74, 6) is 0.688. The van der Waals surface area contributed by atoms with Crippen LogP contribution in [0.1, 0.15) is 42.8 Å². The maximum absolute atomic E-state index is 11.9. The average Bonchev–Trinajstić information content (AvgIpc) is 2.99. The van der Waals surface area contributed by atoms with Crippen molar-refractivity contribution in [1.82, 2.24) is 20.5 Å². The molecular formula is C13H18N4OS. The van der Waals surface area contributed by atoms with E-state index >= 15 is 0 Å². The number of hydrogen-bond acceptors (Lipinski definition) is 4. The van der Waals surface area contributed by atoms with Gasteiger partial charge < -0.3 is 5.32 Å². The molecule has 0 aliphatic rings. The van der Waals surface area contributed by atoms with Crippen molar-refractivity contribution in [1.29, 1.82) is 0 Å². The molecule has 0 aliphatic carbocycles. The third kappa shape index (κ3) is 3.64. The van der Waals surface area contributed by atoms with Crippen molar-refractivity contribution in [3.05, 3.63) is 34.0 Å². The summed E-state index contributed by atoms with van der Waals surface area (Å²) in [6.07, 6.45) is 0.825. The fraction of sp³-hybridized carbons (Fsp3) is 0.462. The van der Waals surface area contributed by atoms with Crippen molar-refractivity contribution >= 4 is 17.2 Å². The molecule has 0 aliphatic heterocycles. The molecule has 2 aromatic rings. The number of aromatic nitrogens is 3. The Morgan fingerprint density at radius 2 is 2.26 bits per heavy atom. The van der Waals surface area contributed by atoms with E-state index in [4.69, 9.17) is 0 Å². The van der Waals surface area contributed by atoms with Gasteiger partial charge in [0.25, 0.3) is 5.91 Å². The zero-order valence-electron chi connectivity index (χ0n) is 11.4. The second-order valence-corrected chi connectivity index (χ2v) is 6.18. The SMILES string of the molecule is CC(C)(C)c1nc(C(=O)NCCc2ccsc2)n[nH]1. The van der Waals surface area contributed by atoms with Gasteiger partial charge in [-0.3, -0.25) is 9.89 Å². The lowest BCUT2D eigenvalue weighted by Gasteiger charge is -2.12. The molecule has 0 aromatic carbocycles. The molecule has 0 saturated heterocycles. The molecule has 0 spiro atoms. The van der Waals surface area contributed by atoms with E-state index in [2.05, 4.69) is 31.9 Å². The summed E-state index contributed by atoms with van der Waals surface area (Å²) in [5, 5.41) is 13.7. The van der Waals surface area contributed by atoms with Crippen molar-refractivity contribution in [2.24, 2.45) is 0 Å². The minimum absolute atomic E-state index is 0.137. The first kappa shape index (κ1) is 13.7. The number of amides is 1. The van der Waals surface area contributed by atoms with Gasteiger partial charge in [0.15, 0.2) is 0 Å². The number of aromatic amines is 1. The lowest BCUT2D eigenvalue weighted by molar-refractivity contribution is 0.0944. The highest BCUT2D eigenvalue weighted by atomic mass is 32.1. The highest BCUT2D eigenvalue weighted by molar-refractivity contribution is 7.07. The molecule has 0 unspecified atom stereocenters. The number of nitrogens with one attached hydrogen (secondary N) is 2. The van der Waals surface area contributed by atoms with E-state index in [9.17, 15) is 4.79 Å². The fourth-order valence-electron chi connectivity index (χ4n) is 1.53. The third-order valence-electron chi connectivity index (χ3n) is 2.68. The zero-order valence-corrected chi connectivity index (χ0v) is 12.2. The van der Waals surface area contributed by atoms with Crippen LogP contribution in [0.2, 0.25) is 0 Å². The molecule has 0 saturated carbocycles. The zero-order chi connectivity index (χ0) is 13.9. The van der Waals surface area contributed by atoms with Gasteiger partial charge in [-0.05, 0) is 28.8 Å². The standard InChI is InChI=1S/C13H18N4OS/c1-13(2,3)12-15-10(16-17-12)11(18)14-6-4-9-5-7-19-8-9/h5,7-8H,4,6H2,1-3H3,(H,14,18)(H,15,16,17). The Labute approximate surface area is 116 Å².